The van der Waals surface area contributed by atoms with E-state index in [1.807, 2.05) is 13.8 Å². The molecule has 6 nitrogen and oxygen atoms in total. The first-order valence-corrected chi connectivity index (χ1v) is 10.9. The van der Waals surface area contributed by atoms with Crippen LogP contribution in [0.3, 0.4) is 0 Å². The smallest absolute Gasteiger partial charge is 0.326 e. The van der Waals surface area contributed by atoms with E-state index in [-0.39, 0.29) is 22.2 Å². The van der Waals surface area contributed by atoms with E-state index >= 15 is 0 Å². The Morgan fingerprint density at radius 2 is 1.73 bits per heavy atom. The summed E-state index contributed by atoms with van der Waals surface area (Å²) in [6.07, 6.45) is 5.36. The van der Waals surface area contributed by atoms with Gasteiger partial charge in [0.1, 0.15) is 6.04 Å². The number of thiol groups is 1. The van der Waals surface area contributed by atoms with Gasteiger partial charge in [-0.05, 0) is 50.8 Å². The monoisotopic (exact) mass is 406 g/mol. The highest BCUT2D eigenvalue weighted by atomic mass is 32.2. The Balaban J connectivity index is 4.16. The van der Waals surface area contributed by atoms with Gasteiger partial charge in [-0.3, -0.25) is 9.59 Å². The second kappa shape index (κ2) is 15.3. The third-order valence-corrected chi connectivity index (χ3v) is 5.73. The fourth-order valence-corrected chi connectivity index (χ4v) is 3.99. The maximum atomic E-state index is 12.0. The summed E-state index contributed by atoms with van der Waals surface area (Å²) in [5.41, 5.74) is 5.40. The molecule has 0 heterocycles. The molecule has 0 saturated heterocycles. The Bertz CT molecular complexity index is 433. The molecule has 0 aliphatic rings. The third kappa shape index (κ3) is 12.6. The predicted octanol–water partition coefficient (Wildman–Crippen LogP) is 2.85. The molecule has 152 valence electrons. The van der Waals surface area contributed by atoms with Gasteiger partial charge in [-0.15, -0.1) is 0 Å². The molecule has 1 unspecified atom stereocenters. The molecule has 0 bridgehead atoms. The van der Waals surface area contributed by atoms with E-state index in [1.165, 1.54) is 11.8 Å². The number of aliphatic carboxylic acids is 1. The van der Waals surface area contributed by atoms with E-state index < -0.39 is 12.0 Å². The Morgan fingerprint density at radius 3 is 2.27 bits per heavy atom. The number of nitrogens with two attached hydrogens (primary N) is 1. The first-order chi connectivity index (χ1) is 12.3. The molecule has 0 aliphatic carbocycles. The second-order valence-corrected chi connectivity index (χ2v) is 8.47. The van der Waals surface area contributed by atoms with Crippen molar-refractivity contribution in [3.8, 4) is 0 Å². The lowest BCUT2D eigenvalue weighted by molar-refractivity contribution is -0.142. The average Bonchev–Trinajstić information content (AvgIpc) is 2.57. The van der Waals surface area contributed by atoms with Crippen molar-refractivity contribution in [2.75, 3.05) is 12.3 Å². The van der Waals surface area contributed by atoms with Gasteiger partial charge < -0.3 is 16.2 Å². The third-order valence-electron chi connectivity index (χ3n) is 3.97. The fraction of sp³-hybridized carbons (Fsp3) is 0.833. The highest BCUT2D eigenvalue weighted by Crippen LogP contribution is 2.25. The molecule has 1 amide bonds. The van der Waals surface area contributed by atoms with E-state index in [4.69, 9.17) is 10.8 Å². The summed E-state index contributed by atoms with van der Waals surface area (Å²) in [6, 6.07) is -0.842. The van der Waals surface area contributed by atoms with Crippen molar-refractivity contribution in [2.45, 2.75) is 76.5 Å². The fourth-order valence-electron chi connectivity index (χ4n) is 2.38. The van der Waals surface area contributed by atoms with E-state index in [9.17, 15) is 14.4 Å². The van der Waals surface area contributed by atoms with Crippen LogP contribution in [0.1, 0.15) is 65.2 Å². The summed E-state index contributed by atoms with van der Waals surface area (Å²) in [5.74, 6) is -0.498. The van der Waals surface area contributed by atoms with E-state index in [0.29, 0.717) is 32.2 Å². The molecular formula is C18H34N2O4S2. The van der Waals surface area contributed by atoms with Gasteiger partial charge in [0.15, 0.2) is 5.12 Å². The van der Waals surface area contributed by atoms with Crippen molar-refractivity contribution in [1.82, 2.24) is 5.32 Å². The SMILES string of the molecule is CC(C)C(=O)SC(CCS)CCCCC(=O)N[C@@H](CCCCN)C(=O)O. The molecule has 0 spiro atoms. The molecule has 2 atom stereocenters. The summed E-state index contributed by atoms with van der Waals surface area (Å²) >= 11 is 5.64. The Hall–Kier alpha value is -0.730. The molecule has 8 heteroatoms. The first-order valence-electron chi connectivity index (χ1n) is 9.35. The van der Waals surface area contributed by atoms with Crippen LogP contribution in [-0.4, -0.2) is 45.7 Å². The van der Waals surface area contributed by atoms with Gasteiger partial charge in [-0.1, -0.05) is 32.0 Å². The number of carboxylic acid groups (broad SMARTS) is 1. The number of nitrogens with one attached hydrogen (secondary N) is 1. The maximum Gasteiger partial charge on any atom is 0.326 e. The number of unbranched alkanes of at least 4 members (excludes halogenated alkanes) is 2. The van der Waals surface area contributed by atoms with Gasteiger partial charge >= 0.3 is 5.97 Å². The molecular weight excluding hydrogens is 372 g/mol. The highest BCUT2D eigenvalue weighted by Gasteiger charge is 2.20. The van der Waals surface area contributed by atoms with Gasteiger partial charge in [-0.25, -0.2) is 4.79 Å². The van der Waals surface area contributed by atoms with Gasteiger partial charge in [0.25, 0.3) is 0 Å². The van der Waals surface area contributed by atoms with Crippen molar-refractivity contribution in [3.63, 3.8) is 0 Å². The Morgan fingerprint density at radius 1 is 1.08 bits per heavy atom. The minimum atomic E-state index is -1.01. The van der Waals surface area contributed by atoms with Crippen LogP contribution < -0.4 is 11.1 Å². The number of rotatable bonds is 15. The second-order valence-electron chi connectivity index (χ2n) is 6.71. The van der Waals surface area contributed by atoms with Crippen molar-refractivity contribution < 1.29 is 19.5 Å². The van der Waals surface area contributed by atoms with Crippen LogP contribution in [0.5, 0.6) is 0 Å². The lowest BCUT2D eigenvalue weighted by Gasteiger charge is -2.16. The van der Waals surface area contributed by atoms with Crippen LogP contribution in [0, 0.1) is 5.92 Å². The molecule has 26 heavy (non-hydrogen) atoms. The first kappa shape index (κ1) is 25.3. The Labute approximate surface area is 166 Å². The minimum absolute atomic E-state index is 0.0143. The van der Waals surface area contributed by atoms with Crippen LogP contribution in [0.25, 0.3) is 0 Å². The molecule has 4 N–H and O–H groups in total. The number of thioether (sulfide) groups is 1. The molecule has 0 rings (SSSR count). The minimum Gasteiger partial charge on any atom is -0.480 e. The number of hydrogen-bond donors (Lipinski definition) is 4. The zero-order chi connectivity index (χ0) is 19.9. The van der Waals surface area contributed by atoms with Crippen molar-refractivity contribution >= 4 is 41.4 Å². The van der Waals surface area contributed by atoms with Crippen LogP contribution in [0.15, 0.2) is 0 Å². The standard InChI is InChI=1S/C18H34N2O4S2/c1-13(2)18(24)26-14(10-12-25)7-3-4-9-16(21)20-15(17(22)23)8-5-6-11-19/h13-15,25H,3-12,19H2,1-2H3,(H,20,21)(H,22,23)/t14?,15-/m0/s1. The van der Waals surface area contributed by atoms with Crippen LogP contribution >= 0.6 is 24.4 Å². The van der Waals surface area contributed by atoms with E-state index in [1.54, 1.807) is 0 Å². The summed E-state index contributed by atoms with van der Waals surface area (Å²) in [4.78, 5) is 35.0. The lowest BCUT2D eigenvalue weighted by Crippen LogP contribution is -2.40. The molecule has 0 aromatic heterocycles. The molecule has 0 aromatic carbocycles. The van der Waals surface area contributed by atoms with Crippen molar-refractivity contribution in [3.05, 3.63) is 0 Å². The average molecular weight is 407 g/mol. The zero-order valence-electron chi connectivity index (χ0n) is 15.9. The van der Waals surface area contributed by atoms with Crippen LogP contribution in [0.4, 0.5) is 0 Å². The normalized spacial score (nSPS) is 13.4. The van der Waals surface area contributed by atoms with Crippen LogP contribution in [-0.2, 0) is 14.4 Å². The molecule has 0 aliphatic heterocycles. The number of carbonyl (C=O) groups is 3. The predicted molar refractivity (Wildman–Crippen MR) is 111 cm³/mol. The molecule has 0 saturated carbocycles. The maximum absolute atomic E-state index is 12.0. The number of amides is 1. The molecule has 0 fully saturated rings. The largest absolute Gasteiger partial charge is 0.480 e. The van der Waals surface area contributed by atoms with E-state index in [2.05, 4.69) is 17.9 Å². The number of hydrogen-bond acceptors (Lipinski definition) is 6. The molecule has 0 radical (unpaired) electrons. The van der Waals surface area contributed by atoms with Gasteiger partial charge in [0, 0.05) is 17.6 Å². The lowest BCUT2D eigenvalue weighted by atomic mass is 10.1. The summed E-state index contributed by atoms with van der Waals surface area (Å²) in [7, 11) is 0. The number of carboxylic acids is 1. The highest BCUT2D eigenvalue weighted by molar-refractivity contribution is 8.14. The van der Waals surface area contributed by atoms with Crippen molar-refractivity contribution in [1.29, 1.82) is 0 Å². The summed E-state index contributed by atoms with van der Waals surface area (Å²) in [5, 5.41) is 12.2. The van der Waals surface area contributed by atoms with Crippen molar-refractivity contribution in [2.24, 2.45) is 11.7 Å². The van der Waals surface area contributed by atoms with Crippen LogP contribution in [0.2, 0.25) is 0 Å². The summed E-state index contributed by atoms with van der Waals surface area (Å²) < 4.78 is 0. The topological polar surface area (TPSA) is 109 Å². The molecule has 0 aromatic rings. The zero-order valence-corrected chi connectivity index (χ0v) is 17.6. The van der Waals surface area contributed by atoms with Gasteiger partial charge in [0.05, 0.1) is 0 Å². The quantitative estimate of drug-likeness (QED) is 0.246. The summed E-state index contributed by atoms with van der Waals surface area (Å²) in [6.45, 7) is 4.30. The Kier molecular flexibility index (Phi) is 14.9. The number of carbonyl (C=O) groups excluding carboxylic acids is 2. The van der Waals surface area contributed by atoms with Gasteiger partial charge in [-0.2, -0.15) is 12.6 Å². The van der Waals surface area contributed by atoms with E-state index in [0.717, 1.165) is 31.4 Å². The van der Waals surface area contributed by atoms with Gasteiger partial charge in [0.2, 0.25) is 5.91 Å².